The second-order valence-corrected chi connectivity index (χ2v) is 8.76. The Morgan fingerprint density at radius 2 is 1.97 bits per heavy atom. The number of nitrogens with one attached hydrogen (secondary N) is 1. The molecule has 0 spiro atoms. The molecule has 1 aromatic heterocycles. The van der Waals surface area contributed by atoms with Crippen molar-refractivity contribution >= 4 is 26.8 Å². The van der Waals surface area contributed by atoms with Crippen LogP contribution in [0.3, 0.4) is 0 Å². The van der Waals surface area contributed by atoms with E-state index in [2.05, 4.69) is 4.98 Å². The highest BCUT2D eigenvalue weighted by Crippen LogP contribution is 2.19. The Morgan fingerprint density at radius 3 is 2.59 bits per heavy atom. The summed E-state index contributed by atoms with van der Waals surface area (Å²) in [5, 5.41) is 8.81. The van der Waals surface area contributed by atoms with Crippen molar-refractivity contribution in [3.05, 3.63) is 40.2 Å². The third-order valence-electron chi connectivity index (χ3n) is 4.78. The fourth-order valence-corrected chi connectivity index (χ4v) is 4.15. The quantitative estimate of drug-likeness (QED) is 0.671. The van der Waals surface area contributed by atoms with Crippen molar-refractivity contribution in [3.63, 3.8) is 0 Å². The van der Waals surface area contributed by atoms with Gasteiger partial charge in [0.1, 0.15) is 5.56 Å². The van der Waals surface area contributed by atoms with Crippen LogP contribution >= 0.6 is 0 Å². The molecule has 0 fully saturated rings. The van der Waals surface area contributed by atoms with Gasteiger partial charge in [-0.25, -0.2) is 8.42 Å². The molecule has 1 N–H and O–H groups in total. The highest BCUT2D eigenvalue weighted by molar-refractivity contribution is 7.89. The van der Waals surface area contributed by atoms with Gasteiger partial charge in [0.25, 0.3) is 5.91 Å². The van der Waals surface area contributed by atoms with Gasteiger partial charge in [-0.2, -0.15) is 9.57 Å². The summed E-state index contributed by atoms with van der Waals surface area (Å²) in [5.41, 5.74) is -0.0694. The van der Waals surface area contributed by atoms with Crippen LogP contribution < -0.4 is 5.43 Å². The number of amides is 1. The number of aromatic nitrogens is 1. The first-order chi connectivity index (χ1) is 13.8. The molecule has 0 unspecified atom stereocenters. The minimum absolute atomic E-state index is 0.0113. The normalized spacial score (nSPS) is 11.6. The summed E-state index contributed by atoms with van der Waals surface area (Å²) in [6, 6.07) is 6.10. The summed E-state index contributed by atoms with van der Waals surface area (Å²) in [4.78, 5) is 30.2. The third-order valence-corrected chi connectivity index (χ3v) is 6.63. The standard InChI is InChI=1S/C20H26N4O4S/c1-4-6-12-24(5-2)20(26)17-14-22-18-9-8-15(13-16(18)19(17)25)29(27,28)23(3)11-7-10-21/h8-9,13-14H,4-7,11-12H2,1-3H3,(H,22,25). The molecule has 1 aromatic carbocycles. The van der Waals surface area contributed by atoms with E-state index >= 15 is 0 Å². The van der Waals surface area contributed by atoms with E-state index in [-0.39, 0.29) is 34.7 Å². The molecule has 29 heavy (non-hydrogen) atoms. The predicted molar refractivity (Wildman–Crippen MR) is 111 cm³/mol. The number of H-pyrrole nitrogens is 1. The summed E-state index contributed by atoms with van der Waals surface area (Å²) in [5.74, 6) is -0.372. The highest BCUT2D eigenvalue weighted by Gasteiger charge is 2.23. The van der Waals surface area contributed by atoms with E-state index in [4.69, 9.17) is 5.26 Å². The topological polar surface area (TPSA) is 114 Å². The van der Waals surface area contributed by atoms with Gasteiger partial charge in [0.15, 0.2) is 0 Å². The monoisotopic (exact) mass is 418 g/mol. The second kappa shape index (κ2) is 9.67. The second-order valence-electron chi connectivity index (χ2n) is 6.71. The van der Waals surface area contributed by atoms with E-state index in [0.29, 0.717) is 18.6 Å². The van der Waals surface area contributed by atoms with Crippen molar-refractivity contribution in [3.8, 4) is 6.07 Å². The van der Waals surface area contributed by atoms with Crippen molar-refractivity contribution in [2.45, 2.75) is 38.0 Å². The van der Waals surface area contributed by atoms with Gasteiger partial charge in [-0.15, -0.1) is 0 Å². The molecular formula is C20H26N4O4S. The zero-order valence-electron chi connectivity index (χ0n) is 16.9. The highest BCUT2D eigenvalue weighted by atomic mass is 32.2. The smallest absolute Gasteiger partial charge is 0.259 e. The van der Waals surface area contributed by atoms with Crippen LogP contribution in [0.2, 0.25) is 0 Å². The van der Waals surface area contributed by atoms with Gasteiger partial charge < -0.3 is 9.88 Å². The average Bonchev–Trinajstić information content (AvgIpc) is 2.72. The number of carbonyl (C=O) groups excluding carboxylic acids is 1. The van der Waals surface area contributed by atoms with E-state index < -0.39 is 15.5 Å². The Balaban J connectivity index is 2.50. The number of unbranched alkanes of at least 4 members (excludes halogenated alkanes) is 1. The number of carbonyl (C=O) groups is 1. The van der Waals surface area contributed by atoms with E-state index in [0.717, 1.165) is 17.1 Å². The molecule has 0 aliphatic carbocycles. The summed E-state index contributed by atoms with van der Waals surface area (Å²) >= 11 is 0. The molecule has 8 nitrogen and oxygen atoms in total. The first-order valence-electron chi connectivity index (χ1n) is 9.55. The van der Waals surface area contributed by atoms with Crippen LogP contribution in [0.5, 0.6) is 0 Å². The minimum Gasteiger partial charge on any atom is -0.360 e. The van der Waals surface area contributed by atoms with Crippen molar-refractivity contribution in [2.24, 2.45) is 0 Å². The summed E-state index contributed by atoms with van der Waals surface area (Å²) < 4.78 is 26.5. The fraction of sp³-hybridized carbons (Fsp3) is 0.450. The Kier molecular flexibility index (Phi) is 7.53. The Hall–Kier alpha value is -2.70. The van der Waals surface area contributed by atoms with Gasteiger partial charge in [0.2, 0.25) is 15.5 Å². The van der Waals surface area contributed by atoms with Crippen molar-refractivity contribution in [1.82, 2.24) is 14.2 Å². The van der Waals surface area contributed by atoms with Crippen LogP contribution in [0.25, 0.3) is 10.9 Å². The van der Waals surface area contributed by atoms with E-state index in [9.17, 15) is 18.0 Å². The Morgan fingerprint density at radius 1 is 1.24 bits per heavy atom. The third kappa shape index (κ3) is 4.83. The molecule has 2 aromatic rings. The van der Waals surface area contributed by atoms with Crippen molar-refractivity contribution in [1.29, 1.82) is 5.26 Å². The number of pyridine rings is 1. The van der Waals surface area contributed by atoms with Crippen LogP contribution in [-0.4, -0.2) is 55.2 Å². The number of hydrogen-bond acceptors (Lipinski definition) is 5. The molecule has 0 aliphatic rings. The maximum absolute atomic E-state index is 13.0. The lowest BCUT2D eigenvalue weighted by molar-refractivity contribution is 0.0761. The Labute approximate surface area is 170 Å². The first kappa shape index (κ1) is 22.6. The summed E-state index contributed by atoms with van der Waals surface area (Å²) in [6.07, 6.45) is 3.21. The lowest BCUT2D eigenvalue weighted by Gasteiger charge is -2.20. The Bertz CT molecular complexity index is 1090. The zero-order valence-corrected chi connectivity index (χ0v) is 17.8. The molecule has 0 saturated heterocycles. The van der Waals surface area contributed by atoms with Gasteiger partial charge >= 0.3 is 0 Å². The zero-order chi connectivity index (χ0) is 21.6. The number of sulfonamides is 1. The summed E-state index contributed by atoms with van der Waals surface area (Å²) in [7, 11) is -2.47. The minimum atomic E-state index is -3.85. The van der Waals surface area contributed by atoms with Gasteiger partial charge in [0, 0.05) is 50.2 Å². The largest absolute Gasteiger partial charge is 0.360 e. The lowest BCUT2D eigenvalue weighted by Crippen LogP contribution is -2.35. The molecule has 9 heteroatoms. The molecule has 2 rings (SSSR count). The maximum atomic E-state index is 13.0. The molecule has 1 amide bonds. The maximum Gasteiger partial charge on any atom is 0.259 e. The number of benzene rings is 1. The van der Waals surface area contributed by atoms with E-state index in [1.54, 1.807) is 4.90 Å². The average molecular weight is 419 g/mol. The van der Waals surface area contributed by atoms with Crippen LogP contribution in [0, 0.1) is 11.3 Å². The lowest BCUT2D eigenvalue weighted by atomic mass is 10.1. The molecule has 0 bridgehead atoms. The number of fused-ring (bicyclic) bond motifs is 1. The number of aromatic amines is 1. The first-order valence-corrected chi connectivity index (χ1v) is 11.0. The molecule has 0 atom stereocenters. The number of nitrogens with zero attached hydrogens (tertiary/aromatic N) is 3. The van der Waals surface area contributed by atoms with E-state index in [1.807, 2.05) is 19.9 Å². The molecule has 0 aliphatic heterocycles. The SMILES string of the molecule is CCCCN(CC)C(=O)c1c[nH]c2ccc(S(=O)(=O)N(C)CCC#N)cc2c1=O. The van der Waals surface area contributed by atoms with Crippen LogP contribution in [0.15, 0.2) is 34.1 Å². The van der Waals surface area contributed by atoms with E-state index in [1.165, 1.54) is 31.4 Å². The molecule has 156 valence electrons. The molecular weight excluding hydrogens is 392 g/mol. The number of rotatable bonds is 9. The van der Waals surface area contributed by atoms with Crippen LogP contribution in [-0.2, 0) is 10.0 Å². The molecule has 1 heterocycles. The van der Waals surface area contributed by atoms with Crippen molar-refractivity contribution < 1.29 is 13.2 Å². The van der Waals surface area contributed by atoms with Gasteiger partial charge in [0.05, 0.1) is 11.0 Å². The van der Waals surface area contributed by atoms with Crippen LogP contribution in [0.4, 0.5) is 0 Å². The van der Waals surface area contributed by atoms with Gasteiger partial charge in [-0.05, 0) is 31.5 Å². The number of hydrogen-bond donors (Lipinski definition) is 1. The van der Waals surface area contributed by atoms with Gasteiger partial charge in [-0.3, -0.25) is 9.59 Å². The van der Waals surface area contributed by atoms with Gasteiger partial charge in [-0.1, -0.05) is 13.3 Å². The fourth-order valence-electron chi connectivity index (χ4n) is 2.95. The predicted octanol–water partition coefficient (Wildman–Crippen LogP) is 2.32. The molecule has 0 radical (unpaired) electrons. The summed E-state index contributed by atoms with van der Waals surface area (Å²) in [6.45, 7) is 4.96. The van der Waals surface area contributed by atoms with Crippen molar-refractivity contribution in [2.75, 3.05) is 26.7 Å². The molecule has 0 saturated carbocycles. The van der Waals surface area contributed by atoms with Crippen LogP contribution in [0.1, 0.15) is 43.5 Å². The number of nitriles is 1.